The first-order valence-corrected chi connectivity index (χ1v) is 6.46. The van der Waals surface area contributed by atoms with E-state index in [2.05, 4.69) is 15.4 Å². The number of carbonyl (C=O) groups is 1. The van der Waals surface area contributed by atoms with Crippen molar-refractivity contribution in [1.29, 1.82) is 0 Å². The van der Waals surface area contributed by atoms with Crippen molar-refractivity contribution < 1.29 is 9.53 Å². The van der Waals surface area contributed by atoms with Crippen LogP contribution in [0.25, 0.3) is 0 Å². The molecule has 0 atom stereocenters. The first-order valence-electron chi connectivity index (χ1n) is 6.46. The molecule has 0 radical (unpaired) electrons. The Morgan fingerprint density at radius 2 is 2.19 bits per heavy atom. The van der Waals surface area contributed by atoms with E-state index in [-0.39, 0.29) is 17.2 Å². The largest absolute Gasteiger partial charge is 0.383 e. The zero-order chi connectivity index (χ0) is 15.1. The Balaban J connectivity index is 2.03. The van der Waals surface area contributed by atoms with Crippen LogP contribution in [0.1, 0.15) is 16.2 Å². The fraction of sp³-hybridized carbons (Fsp3) is 0.286. The Bertz CT molecular complexity index is 655. The van der Waals surface area contributed by atoms with Gasteiger partial charge in [-0.1, -0.05) is 6.07 Å². The van der Waals surface area contributed by atoms with Gasteiger partial charge in [0, 0.05) is 19.4 Å². The molecule has 0 unspecified atom stereocenters. The van der Waals surface area contributed by atoms with Crippen LogP contribution in [0.3, 0.4) is 0 Å². The zero-order valence-electron chi connectivity index (χ0n) is 11.7. The van der Waals surface area contributed by atoms with Gasteiger partial charge in [0.1, 0.15) is 5.69 Å². The van der Waals surface area contributed by atoms with E-state index in [0.717, 1.165) is 5.69 Å². The summed E-state index contributed by atoms with van der Waals surface area (Å²) in [4.78, 5) is 27.7. The van der Waals surface area contributed by atoms with Gasteiger partial charge in [-0.2, -0.15) is 5.10 Å². The number of nitrogens with one attached hydrogen (secondary N) is 1. The fourth-order valence-corrected chi connectivity index (χ4v) is 1.67. The number of rotatable bonds is 6. The number of carbonyl (C=O) groups excluding carboxylic acids is 1. The molecule has 0 aliphatic carbocycles. The van der Waals surface area contributed by atoms with E-state index in [1.54, 1.807) is 12.3 Å². The second-order valence-corrected chi connectivity index (χ2v) is 4.28. The first kappa shape index (κ1) is 14.9. The highest BCUT2D eigenvalue weighted by Crippen LogP contribution is 1.95. The molecule has 0 aliphatic rings. The normalized spacial score (nSPS) is 10.3. The molecule has 2 aromatic rings. The molecule has 7 nitrogen and oxygen atoms in total. The van der Waals surface area contributed by atoms with Gasteiger partial charge in [0.2, 0.25) is 0 Å². The standard InChI is InChI=1S/C14H16N4O3/c1-21-9-8-18-13(19)6-5-12(17-18)14(20)16-10-11-4-2-3-7-15-11/h2-7H,8-10H2,1H3,(H,16,20). The maximum Gasteiger partial charge on any atom is 0.272 e. The molecule has 0 saturated heterocycles. The monoisotopic (exact) mass is 288 g/mol. The summed E-state index contributed by atoms with van der Waals surface area (Å²) >= 11 is 0. The average Bonchev–Trinajstić information content (AvgIpc) is 2.53. The summed E-state index contributed by atoms with van der Waals surface area (Å²) in [6.45, 7) is 0.959. The topological polar surface area (TPSA) is 86.1 Å². The van der Waals surface area contributed by atoms with Crippen LogP contribution in [0.15, 0.2) is 41.3 Å². The Morgan fingerprint density at radius 3 is 2.90 bits per heavy atom. The summed E-state index contributed by atoms with van der Waals surface area (Å²) in [6.07, 6.45) is 1.66. The van der Waals surface area contributed by atoms with Crippen molar-refractivity contribution in [3.05, 3.63) is 58.3 Å². The highest BCUT2D eigenvalue weighted by molar-refractivity contribution is 5.91. The van der Waals surface area contributed by atoms with Gasteiger partial charge in [-0.3, -0.25) is 14.6 Å². The number of pyridine rings is 1. The van der Waals surface area contributed by atoms with Crippen molar-refractivity contribution in [1.82, 2.24) is 20.1 Å². The van der Waals surface area contributed by atoms with Gasteiger partial charge < -0.3 is 10.1 Å². The van der Waals surface area contributed by atoms with Crippen molar-refractivity contribution in [3.63, 3.8) is 0 Å². The van der Waals surface area contributed by atoms with Gasteiger partial charge in [0.25, 0.3) is 11.5 Å². The molecule has 1 N–H and O–H groups in total. The van der Waals surface area contributed by atoms with Gasteiger partial charge in [-0.25, -0.2) is 4.68 Å². The van der Waals surface area contributed by atoms with Crippen molar-refractivity contribution in [2.75, 3.05) is 13.7 Å². The molecule has 2 aromatic heterocycles. The van der Waals surface area contributed by atoms with Crippen LogP contribution in [-0.2, 0) is 17.8 Å². The molecule has 7 heteroatoms. The molecule has 2 rings (SSSR count). The molecule has 21 heavy (non-hydrogen) atoms. The molecule has 0 spiro atoms. The maximum atomic E-state index is 12.0. The minimum atomic E-state index is -0.355. The number of aromatic nitrogens is 3. The van der Waals surface area contributed by atoms with E-state index in [1.165, 1.54) is 23.9 Å². The molecule has 2 heterocycles. The lowest BCUT2D eigenvalue weighted by Gasteiger charge is -2.07. The highest BCUT2D eigenvalue weighted by atomic mass is 16.5. The van der Waals surface area contributed by atoms with Crippen molar-refractivity contribution >= 4 is 5.91 Å². The number of hydrogen-bond acceptors (Lipinski definition) is 5. The smallest absolute Gasteiger partial charge is 0.272 e. The SMILES string of the molecule is COCCn1nc(C(=O)NCc2ccccn2)ccc1=O. The lowest BCUT2D eigenvalue weighted by molar-refractivity contribution is 0.0941. The van der Waals surface area contributed by atoms with E-state index in [9.17, 15) is 9.59 Å². The van der Waals surface area contributed by atoms with Crippen molar-refractivity contribution in [2.24, 2.45) is 0 Å². The Labute approximate surface area is 121 Å². The Morgan fingerprint density at radius 1 is 1.33 bits per heavy atom. The molecular formula is C14H16N4O3. The summed E-state index contributed by atoms with van der Waals surface area (Å²) in [7, 11) is 1.54. The summed E-state index contributed by atoms with van der Waals surface area (Å²) in [5.74, 6) is -0.355. The van der Waals surface area contributed by atoms with E-state index >= 15 is 0 Å². The van der Waals surface area contributed by atoms with E-state index in [0.29, 0.717) is 19.7 Å². The molecule has 1 amide bonds. The third-order valence-corrected chi connectivity index (χ3v) is 2.76. The van der Waals surface area contributed by atoms with E-state index in [4.69, 9.17) is 4.74 Å². The van der Waals surface area contributed by atoms with Crippen LogP contribution in [0.2, 0.25) is 0 Å². The minimum absolute atomic E-state index is 0.182. The highest BCUT2D eigenvalue weighted by Gasteiger charge is 2.09. The molecule has 0 aliphatic heterocycles. The molecule has 0 saturated carbocycles. The zero-order valence-corrected chi connectivity index (χ0v) is 11.7. The summed E-state index contributed by atoms with van der Waals surface area (Å²) in [5, 5.41) is 6.72. The van der Waals surface area contributed by atoms with Crippen LogP contribution < -0.4 is 10.9 Å². The van der Waals surface area contributed by atoms with E-state index in [1.807, 2.05) is 12.1 Å². The van der Waals surface area contributed by atoms with Crippen molar-refractivity contribution in [3.8, 4) is 0 Å². The second-order valence-electron chi connectivity index (χ2n) is 4.28. The summed E-state index contributed by atoms with van der Waals surface area (Å²) in [6, 6.07) is 8.18. The minimum Gasteiger partial charge on any atom is -0.383 e. The second kappa shape index (κ2) is 7.30. The van der Waals surface area contributed by atoms with Gasteiger partial charge >= 0.3 is 0 Å². The maximum absolute atomic E-state index is 12.0. The number of amides is 1. The molecule has 110 valence electrons. The Kier molecular flexibility index (Phi) is 5.16. The Hall–Kier alpha value is -2.54. The van der Waals surface area contributed by atoms with Gasteiger partial charge in [0.15, 0.2) is 0 Å². The number of hydrogen-bond donors (Lipinski definition) is 1. The predicted octanol–water partition coefficient (Wildman–Crippen LogP) is 0.215. The summed E-state index contributed by atoms with van der Waals surface area (Å²) < 4.78 is 6.11. The van der Waals surface area contributed by atoms with Crippen LogP contribution in [-0.4, -0.2) is 34.4 Å². The summed E-state index contributed by atoms with van der Waals surface area (Å²) in [5.41, 5.74) is 0.661. The van der Waals surface area contributed by atoms with Crippen LogP contribution >= 0.6 is 0 Å². The third-order valence-electron chi connectivity index (χ3n) is 2.76. The fourth-order valence-electron chi connectivity index (χ4n) is 1.67. The van der Waals surface area contributed by atoms with Crippen LogP contribution in [0.5, 0.6) is 0 Å². The molecule has 0 aromatic carbocycles. The van der Waals surface area contributed by atoms with E-state index < -0.39 is 0 Å². The number of ether oxygens (including phenoxy) is 1. The first-order chi connectivity index (χ1) is 10.2. The molecular weight excluding hydrogens is 272 g/mol. The molecule has 0 fully saturated rings. The quantitative estimate of drug-likeness (QED) is 0.821. The number of nitrogens with zero attached hydrogens (tertiary/aromatic N) is 3. The average molecular weight is 288 g/mol. The van der Waals surface area contributed by atoms with Gasteiger partial charge in [0.05, 0.1) is 25.4 Å². The predicted molar refractivity (Wildman–Crippen MR) is 75.8 cm³/mol. The van der Waals surface area contributed by atoms with Crippen LogP contribution in [0.4, 0.5) is 0 Å². The third kappa shape index (κ3) is 4.22. The lowest BCUT2D eigenvalue weighted by atomic mass is 10.3. The molecule has 0 bridgehead atoms. The van der Waals surface area contributed by atoms with Gasteiger partial charge in [-0.05, 0) is 18.2 Å². The van der Waals surface area contributed by atoms with Crippen LogP contribution in [0, 0.1) is 0 Å². The number of methoxy groups -OCH3 is 1. The van der Waals surface area contributed by atoms with Crippen molar-refractivity contribution in [2.45, 2.75) is 13.1 Å². The lowest BCUT2D eigenvalue weighted by Crippen LogP contribution is -2.30. The van der Waals surface area contributed by atoms with Gasteiger partial charge in [-0.15, -0.1) is 0 Å².